The van der Waals surface area contributed by atoms with E-state index in [9.17, 15) is 4.79 Å². The number of urea groups is 1. The number of unbranched alkanes of at least 4 members (excludes halogenated alkanes) is 1. The van der Waals surface area contributed by atoms with Crippen molar-refractivity contribution in [1.29, 1.82) is 0 Å². The number of carbonyl (C=O) groups excluding carboxylic acids is 1. The largest absolute Gasteiger partial charge is 0.338 e. The van der Waals surface area contributed by atoms with Crippen molar-refractivity contribution in [3.8, 4) is 0 Å². The highest BCUT2D eigenvalue weighted by Crippen LogP contribution is 2.47. The number of rotatable bonds is 5. The maximum absolute atomic E-state index is 11.3. The van der Waals surface area contributed by atoms with Gasteiger partial charge >= 0.3 is 6.03 Å². The van der Waals surface area contributed by atoms with Crippen molar-refractivity contribution in [2.45, 2.75) is 19.8 Å². The Morgan fingerprint density at radius 1 is 1.33 bits per heavy atom. The molecule has 0 spiro atoms. The summed E-state index contributed by atoms with van der Waals surface area (Å²) < 4.78 is 0. The molecule has 0 bridgehead atoms. The van der Waals surface area contributed by atoms with Crippen molar-refractivity contribution >= 4 is 6.03 Å². The first-order valence-electron chi connectivity index (χ1n) is 6.05. The Hall–Kier alpha value is -0.770. The molecule has 2 fully saturated rings. The summed E-state index contributed by atoms with van der Waals surface area (Å²) in [5.41, 5.74) is 0. The van der Waals surface area contributed by atoms with Gasteiger partial charge in [0.1, 0.15) is 0 Å². The van der Waals surface area contributed by atoms with Gasteiger partial charge in [-0.15, -0.1) is 0 Å². The Bertz CT molecular complexity index is 222. The maximum atomic E-state index is 11.3. The van der Waals surface area contributed by atoms with Crippen molar-refractivity contribution in [3.05, 3.63) is 0 Å². The SMILES string of the molecule is CCCCNC(=O)NCC1C2CNCC21. The molecule has 2 atom stereocenters. The molecule has 1 saturated heterocycles. The van der Waals surface area contributed by atoms with Gasteiger partial charge in [-0.3, -0.25) is 0 Å². The summed E-state index contributed by atoms with van der Waals surface area (Å²) in [6.45, 7) is 6.07. The van der Waals surface area contributed by atoms with Crippen molar-refractivity contribution in [2.24, 2.45) is 17.8 Å². The topological polar surface area (TPSA) is 53.2 Å². The molecule has 1 heterocycles. The summed E-state index contributed by atoms with van der Waals surface area (Å²) in [7, 11) is 0. The number of fused-ring (bicyclic) bond motifs is 1. The fraction of sp³-hybridized carbons (Fsp3) is 0.909. The minimum absolute atomic E-state index is 0.00128. The van der Waals surface area contributed by atoms with Gasteiger partial charge in [-0.05, 0) is 37.3 Å². The minimum atomic E-state index is 0.00128. The van der Waals surface area contributed by atoms with Crippen molar-refractivity contribution in [1.82, 2.24) is 16.0 Å². The molecule has 2 aliphatic rings. The van der Waals surface area contributed by atoms with Crippen LogP contribution in [0.1, 0.15) is 19.8 Å². The number of hydrogen-bond acceptors (Lipinski definition) is 2. The lowest BCUT2D eigenvalue weighted by Crippen LogP contribution is -2.38. The number of carbonyl (C=O) groups is 1. The van der Waals surface area contributed by atoms with Crippen LogP contribution < -0.4 is 16.0 Å². The summed E-state index contributed by atoms with van der Waals surface area (Å²) in [6.07, 6.45) is 2.19. The first-order valence-corrected chi connectivity index (χ1v) is 6.05. The lowest BCUT2D eigenvalue weighted by atomic mass is 10.3. The fourth-order valence-electron chi connectivity index (χ4n) is 2.50. The molecule has 0 aromatic heterocycles. The monoisotopic (exact) mass is 211 g/mol. The van der Waals surface area contributed by atoms with E-state index >= 15 is 0 Å². The normalized spacial score (nSPS) is 32.2. The molecule has 86 valence electrons. The number of piperidine rings is 1. The Balaban J connectivity index is 1.52. The summed E-state index contributed by atoms with van der Waals surface area (Å²) in [5.74, 6) is 2.41. The van der Waals surface area contributed by atoms with E-state index in [0.717, 1.165) is 56.8 Å². The summed E-state index contributed by atoms with van der Waals surface area (Å²) in [4.78, 5) is 11.3. The Morgan fingerprint density at radius 2 is 2.07 bits per heavy atom. The highest BCUT2D eigenvalue weighted by molar-refractivity contribution is 5.73. The molecule has 15 heavy (non-hydrogen) atoms. The molecule has 0 aromatic carbocycles. The molecule has 2 rings (SSSR count). The lowest BCUT2D eigenvalue weighted by Gasteiger charge is -2.08. The van der Waals surface area contributed by atoms with Gasteiger partial charge in [-0.1, -0.05) is 13.3 Å². The molecule has 1 aliphatic carbocycles. The standard InChI is InChI=1S/C11H21N3O/c1-2-3-4-13-11(15)14-7-10-8-5-12-6-9(8)10/h8-10,12H,2-7H2,1H3,(H2,13,14,15). The van der Waals surface area contributed by atoms with E-state index in [4.69, 9.17) is 0 Å². The Kier molecular flexibility index (Phi) is 3.46. The third-order valence-corrected chi connectivity index (χ3v) is 3.58. The molecule has 4 nitrogen and oxygen atoms in total. The third-order valence-electron chi connectivity index (χ3n) is 3.58. The van der Waals surface area contributed by atoms with E-state index in [-0.39, 0.29) is 6.03 Å². The van der Waals surface area contributed by atoms with Crippen LogP contribution in [-0.4, -0.2) is 32.2 Å². The van der Waals surface area contributed by atoms with Crippen LogP contribution in [-0.2, 0) is 0 Å². The molecular weight excluding hydrogens is 190 g/mol. The van der Waals surface area contributed by atoms with Gasteiger partial charge in [-0.25, -0.2) is 4.79 Å². The Morgan fingerprint density at radius 3 is 2.73 bits per heavy atom. The minimum Gasteiger partial charge on any atom is -0.338 e. The highest BCUT2D eigenvalue weighted by atomic mass is 16.2. The molecule has 0 aromatic rings. The molecule has 2 unspecified atom stereocenters. The molecule has 1 saturated carbocycles. The number of amides is 2. The van der Waals surface area contributed by atoms with Crippen molar-refractivity contribution in [2.75, 3.05) is 26.2 Å². The van der Waals surface area contributed by atoms with Crippen LogP contribution >= 0.6 is 0 Å². The molecule has 0 radical (unpaired) electrons. The first kappa shape index (κ1) is 10.7. The molecule has 4 heteroatoms. The van der Waals surface area contributed by atoms with Crippen LogP contribution in [0.25, 0.3) is 0 Å². The van der Waals surface area contributed by atoms with E-state index in [1.165, 1.54) is 0 Å². The van der Waals surface area contributed by atoms with Gasteiger partial charge in [0.2, 0.25) is 0 Å². The first-order chi connectivity index (χ1) is 7.33. The second-order valence-electron chi connectivity index (χ2n) is 4.64. The van der Waals surface area contributed by atoms with E-state index in [1.54, 1.807) is 0 Å². The van der Waals surface area contributed by atoms with Gasteiger partial charge < -0.3 is 16.0 Å². The van der Waals surface area contributed by atoms with Crippen molar-refractivity contribution in [3.63, 3.8) is 0 Å². The van der Waals surface area contributed by atoms with Crippen LogP contribution in [0, 0.1) is 17.8 Å². The van der Waals surface area contributed by atoms with E-state index in [2.05, 4.69) is 22.9 Å². The molecule has 2 amide bonds. The summed E-state index contributed by atoms with van der Waals surface area (Å²) in [6, 6.07) is 0.00128. The van der Waals surface area contributed by atoms with Crippen LogP contribution in [0.4, 0.5) is 4.79 Å². The zero-order valence-corrected chi connectivity index (χ0v) is 9.38. The van der Waals surface area contributed by atoms with Crippen LogP contribution in [0.5, 0.6) is 0 Å². The second-order valence-corrected chi connectivity index (χ2v) is 4.64. The third kappa shape index (κ3) is 2.62. The zero-order valence-electron chi connectivity index (χ0n) is 9.38. The number of nitrogens with one attached hydrogen (secondary N) is 3. The average Bonchev–Trinajstić information content (AvgIpc) is 2.68. The average molecular weight is 211 g/mol. The van der Waals surface area contributed by atoms with Gasteiger partial charge in [0.05, 0.1) is 0 Å². The zero-order chi connectivity index (χ0) is 10.7. The predicted molar refractivity (Wildman–Crippen MR) is 59.6 cm³/mol. The van der Waals surface area contributed by atoms with Gasteiger partial charge in [0.25, 0.3) is 0 Å². The molecular formula is C11H21N3O. The summed E-state index contributed by atoms with van der Waals surface area (Å²) in [5, 5.41) is 9.17. The predicted octanol–water partition coefficient (Wildman–Crippen LogP) is 0.551. The van der Waals surface area contributed by atoms with E-state index in [1.807, 2.05) is 0 Å². The van der Waals surface area contributed by atoms with Gasteiger partial charge in [-0.2, -0.15) is 0 Å². The van der Waals surface area contributed by atoms with Crippen molar-refractivity contribution < 1.29 is 4.79 Å². The van der Waals surface area contributed by atoms with Crippen LogP contribution in [0.2, 0.25) is 0 Å². The van der Waals surface area contributed by atoms with Gasteiger partial charge in [0.15, 0.2) is 0 Å². The number of hydrogen-bond donors (Lipinski definition) is 3. The summed E-state index contributed by atoms with van der Waals surface area (Å²) >= 11 is 0. The molecule has 1 aliphatic heterocycles. The maximum Gasteiger partial charge on any atom is 0.314 e. The highest BCUT2D eigenvalue weighted by Gasteiger charge is 2.52. The van der Waals surface area contributed by atoms with Crippen LogP contribution in [0.15, 0.2) is 0 Å². The lowest BCUT2D eigenvalue weighted by molar-refractivity contribution is 0.240. The second kappa shape index (κ2) is 4.84. The fourth-order valence-corrected chi connectivity index (χ4v) is 2.50. The Labute approximate surface area is 91.2 Å². The van der Waals surface area contributed by atoms with E-state index < -0.39 is 0 Å². The van der Waals surface area contributed by atoms with Gasteiger partial charge in [0, 0.05) is 13.1 Å². The smallest absolute Gasteiger partial charge is 0.314 e. The van der Waals surface area contributed by atoms with Crippen LogP contribution in [0.3, 0.4) is 0 Å². The molecule has 3 N–H and O–H groups in total. The van der Waals surface area contributed by atoms with E-state index in [0.29, 0.717) is 0 Å². The quantitative estimate of drug-likeness (QED) is 0.582.